The largest absolute Gasteiger partial charge is 0.462 e. The average molecular weight is 978 g/mol. The lowest BCUT2D eigenvalue weighted by Gasteiger charge is -2.18. The Morgan fingerprint density at radius 1 is 0.286 bits per heavy atom. The zero-order chi connectivity index (χ0) is 50.7. The maximum absolute atomic E-state index is 12.9. The normalized spacial score (nSPS) is 12.6. The van der Waals surface area contributed by atoms with E-state index in [2.05, 4.69) is 93.7 Å². The summed E-state index contributed by atoms with van der Waals surface area (Å²) in [6.45, 7) is 6.60. The van der Waals surface area contributed by atoms with Gasteiger partial charge < -0.3 is 14.2 Å². The number of carbonyl (C=O) groups excluding carboxylic acids is 3. The standard InChI is InChI=1S/C64H112O6/c1-4-7-10-13-16-19-22-24-26-28-30-32-34-36-38-40-42-45-48-51-54-57-63(66)69-60-61(59-68-62(65)56-53-50-47-44-21-18-15-12-9-6-3)70-64(67)58-55-52-49-46-43-41-39-37-35-33-31-29-27-25-23-20-17-14-11-8-5-2/h22-25,28-31,34-37,61H,4-21,26-27,32-33,38-60H2,1-3H3/b24-22-,25-23-,30-28-,31-29-,36-34-,37-35-. The molecule has 1 unspecified atom stereocenters. The highest BCUT2D eigenvalue weighted by atomic mass is 16.6. The van der Waals surface area contributed by atoms with Crippen LogP contribution in [0.4, 0.5) is 0 Å². The Morgan fingerprint density at radius 2 is 0.514 bits per heavy atom. The molecule has 0 aromatic rings. The Labute approximate surface area is 433 Å². The predicted molar refractivity (Wildman–Crippen MR) is 302 cm³/mol. The van der Waals surface area contributed by atoms with Gasteiger partial charge in [0.1, 0.15) is 13.2 Å². The van der Waals surface area contributed by atoms with Gasteiger partial charge in [-0.05, 0) is 96.3 Å². The lowest BCUT2D eigenvalue weighted by atomic mass is 10.1. The minimum Gasteiger partial charge on any atom is -0.462 e. The molecule has 0 aliphatic carbocycles. The van der Waals surface area contributed by atoms with Crippen LogP contribution in [-0.4, -0.2) is 37.2 Å². The van der Waals surface area contributed by atoms with E-state index in [0.717, 1.165) is 103 Å². The molecule has 0 aromatic carbocycles. The van der Waals surface area contributed by atoms with Crippen molar-refractivity contribution < 1.29 is 28.6 Å². The van der Waals surface area contributed by atoms with E-state index >= 15 is 0 Å². The van der Waals surface area contributed by atoms with Crippen LogP contribution in [0.1, 0.15) is 297 Å². The third kappa shape index (κ3) is 55.8. The Hall–Kier alpha value is -3.15. The molecule has 404 valence electrons. The fraction of sp³-hybridized carbons (Fsp3) is 0.766. The quantitative estimate of drug-likeness (QED) is 0.0261. The van der Waals surface area contributed by atoms with Crippen LogP contribution >= 0.6 is 0 Å². The molecule has 0 radical (unpaired) electrons. The van der Waals surface area contributed by atoms with Crippen molar-refractivity contribution in [3.63, 3.8) is 0 Å². The number of hydrogen-bond donors (Lipinski definition) is 0. The molecule has 0 heterocycles. The zero-order valence-corrected chi connectivity index (χ0v) is 46.3. The van der Waals surface area contributed by atoms with Gasteiger partial charge in [-0.15, -0.1) is 0 Å². The zero-order valence-electron chi connectivity index (χ0n) is 46.3. The molecule has 0 rings (SSSR count). The summed E-state index contributed by atoms with van der Waals surface area (Å²) in [5, 5.41) is 0. The Balaban J connectivity index is 4.35. The second-order valence-corrected chi connectivity index (χ2v) is 19.9. The van der Waals surface area contributed by atoms with Crippen molar-refractivity contribution in [3.05, 3.63) is 72.9 Å². The van der Waals surface area contributed by atoms with Gasteiger partial charge in [0.15, 0.2) is 6.10 Å². The molecule has 0 N–H and O–H groups in total. The van der Waals surface area contributed by atoms with E-state index in [4.69, 9.17) is 14.2 Å². The molecule has 0 spiro atoms. The summed E-state index contributed by atoms with van der Waals surface area (Å²) in [5.74, 6) is -0.902. The SMILES string of the molecule is CCCCCCC/C=C\C/C=C\C/C=C\CCCCCCCCC(=O)OCC(COC(=O)CCCCCCCCCCCC)OC(=O)CCCCCCCC/C=C\C/C=C\C/C=C\CCCCCCC. The molecular weight excluding hydrogens is 865 g/mol. The summed E-state index contributed by atoms with van der Waals surface area (Å²) >= 11 is 0. The van der Waals surface area contributed by atoms with Gasteiger partial charge in [0.05, 0.1) is 0 Å². The summed E-state index contributed by atoms with van der Waals surface area (Å²) in [6.07, 6.45) is 74.7. The summed E-state index contributed by atoms with van der Waals surface area (Å²) < 4.78 is 16.8. The van der Waals surface area contributed by atoms with E-state index in [1.807, 2.05) is 0 Å². The first-order chi connectivity index (χ1) is 34.5. The van der Waals surface area contributed by atoms with Crippen molar-refractivity contribution >= 4 is 17.9 Å². The van der Waals surface area contributed by atoms with E-state index in [-0.39, 0.29) is 31.1 Å². The predicted octanol–water partition coefficient (Wildman–Crippen LogP) is 20.2. The van der Waals surface area contributed by atoms with Crippen LogP contribution in [0.3, 0.4) is 0 Å². The topological polar surface area (TPSA) is 78.9 Å². The molecule has 70 heavy (non-hydrogen) atoms. The van der Waals surface area contributed by atoms with Crippen LogP contribution < -0.4 is 0 Å². The van der Waals surface area contributed by atoms with Crippen LogP contribution in [0.2, 0.25) is 0 Å². The summed E-state index contributed by atoms with van der Waals surface area (Å²) in [4.78, 5) is 38.1. The first-order valence-electron chi connectivity index (χ1n) is 29.9. The summed E-state index contributed by atoms with van der Waals surface area (Å²) in [6, 6.07) is 0. The molecule has 0 fully saturated rings. The van der Waals surface area contributed by atoms with E-state index in [9.17, 15) is 14.4 Å². The molecule has 0 saturated carbocycles. The minimum absolute atomic E-state index is 0.0835. The Bertz CT molecular complexity index is 1310. The fourth-order valence-electron chi connectivity index (χ4n) is 8.40. The minimum atomic E-state index is -0.787. The monoisotopic (exact) mass is 977 g/mol. The molecule has 0 aliphatic heterocycles. The van der Waals surface area contributed by atoms with E-state index in [1.165, 1.54) is 154 Å². The Kier molecular flexibility index (Phi) is 55.8. The van der Waals surface area contributed by atoms with Gasteiger partial charge >= 0.3 is 17.9 Å². The number of allylic oxidation sites excluding steroid dienone is 12. The maximum atomic E-state index is 12.9. The van der Waals surface area contributed by atoms with Crippen molar-refractivity contribution in [1.29, 1.82) is 0 Å². The molecule has 0 amide bonds. The number of ether oxygens (including phenoxy) is 3. The molecular formula is C64H112O6. The summed E-state index contributed by atoms with van der Waals surface area (Å²) in [7, 11) is 0. The highest BCUT2D eigenvalue weighted by molar-refractivity contribution is 5.71. The molecule has 0 aliphatic rings. The van der Waals surface area contributed by atoms with Crippen LogP contribution in [-0.2, 0) is 28.6 Å². The van der Waals surface area contributed by atoms with E-state index in [1.54, 1.807) is 0 Å². The number of rotatable bonds is 54. The highest BCUT2D eigenvalue weighted by Crippen LogP contribution is 2.15. The van der Waals surface area contributed by atoms with Crippen molar-refractivity contribution in [3.8, 4) is 0 Å². The lowest BCUT2D eigenvalue weighted by Crippen LogP contribution is -2.30. The summed E-state index contributed by atoms with van der Waals surface area (Å²) in [5.41, 5.74) is 0. The molecule has 0 bridgehead atoms. The van der Waals surface area contributed by atoms with Gasteiger partial charge in [0.25, 0.3) is 0 Å². The highest BCUT2D eigenvalue weighted by Gasteiger charge is 2.19. The third-order valence-corrected chi connectivity index (χ3v) is 12.9. The number of esters is 3. The van der Waals surface area contributed by atoms with Crippen LogP contribution in [0.15, 0.2) is 72.9 Å². The van der Waals surface area contributed by atoms with Crippen molar-refractivity contribution in [2.45, 2.75) is 303 Å². The first kappa shape index (κ1) is 66.9. The number of hydrogen-bond acceptors (Lipinski definition) is 6. The van der Waals surface area contributed by atoms with Crippen molar-refractivity contribution in [1.82, 2.24) is 0 Å². The van der Waals surface area contributed by atoms with E-state index < -0.39 is 6.10 Å². The molecule has 6 nitrogen and oxygen atoms in total. The number of unbranched alkanes of at least 4 members (excludes halogenated alkanes) is 31. The number of carbonyl (C=O) groups is 3. The van der Waals surface area contributed by atoms with E-state index in [0.29, 0.717) is 19.3 Å². The lowest BCUT2D eigenvalue weighted by molar-refractivity contribution is -0.167. The van der Waals surface area contributed by atoms with Gasteiger partial charge in [-0.1, -0.05) is 254 Å². The first-order valence-corrected chi connectivity index (χ1v) is 29.9. The third-order valence-electron chi connectivity index (χ3n) is 12.9. The van der Waals surface area contributed by atoms with Crippen LogP contribution in [0, 0.1) is 0 Å². The van der Waals surface area contributed by atoms with Gasteiger partial charge in [-0.3, -0.25) is 14.4 Å². The average Bonchev–Trinajstić information content (AvgIpc) is 3.36. The van der Waals surface area contributed by atoms with Gasteiger partial charge in [0, 0.05) is 19.3 Å². The smallest absolute Gasteiger partial charge is 0.306 e. The second kappa shape index (κ2) is 58.4. The maximum Gasteiger partial charge on any atom is 0.306 e. The Morgan fingerprint density at radius 3 is 0.800 bits per heavy atom. The van der Waals surface area contributed by atoms with Crippen LogP contribution in [0.25, 0.3) is 0 Å². The van der Waals surface area contributed by atoms with Gasteiger partial charge in [-0.2, -0.15) is 0 Å². The van der Waals surface area contributed by atoms with Gasteiger partial charge in [0.2, 0.25) is 0 Å². The fourth-order valence-corrected chi connectivity index (χ4v) is 8.40. The van der Waals surface area contributed by atoms with Crippen molar-refractivity contribution in [2.24, 2.45) is 0 Å². The van der Waals surface area contributed by atoms with Crippen molar-refractivity contribution in [2.75, 3.05) is 13.2 Å². The molecule has 1 atom stereocenters. The molecule has 6 heteroatoms. The molecule has 0 saturated heterocycles. The molecule has 0 aromatic heterocycles. The second-order valence-electron chi connectivity index (χ2n) is 19.9. The van der Waals surface area contributed by atoms with Crippen LogP contribution in [0.5, 0.6) is 0 Å². The van der Waals surface area contributed by atoms with Gasteiger partial charge in [-0.25, -0.2) is 0 Å².